The highest BCUT2D eigenvalue weighted by molar-refractivity contribution is 7.80. The molecule has 4 nitrogen and oxygen atoms in total. The molecule has 108 valence electrons. The van der Waals surface area contributed by atoms with Gasteiger partial charge in [0.2, 0.25) is 0 Å². The number of anilines is 2. The van der Waals surface area contributed by atoms with Crippen LogP contribution in [0.25, 0.3) is 0 Å². The number of hydrogen-bond donors (Lipinski definition) is 2. The van der Waals surface area contributed by atoms with E-state index >= 15 is 0 Å². The minimum absolute atomic E-state index is 0.268. The fourth-order valence-electron chi connectivity index (χ4n) is 1.73. The van der Waals surface area contributed by atoms with Crippen molar-refractivity contribution in [3.63, 3.8) is 0 Å². The Morgan fingerprint density at radius 3 is 2.52 bits per heavy atom. The van der Waals surface area contributed by atoms with Crippen LogP contribution in [0.2, 0.25) is 0 Å². The number of rotatable bonds is 3. The van der Waals surface area contributed by atoms with Crippen LogP contribution < -0.4 is 16.0 Å². The fourth-order valence-corrected chi connectivity index (χ4v) is 1.85. The molecule has 0 spiro atoms. The van der Waals surface area contributed by atoms with Crippen LogP contribution in [0.15, 0.2) is 48.5 Å². The monoisotopic (exact) mass is 303 g/mol. The number of carbonyl (C=O) groups excluding carboxylic acids is 1. The molecular formula is C15H14FN3OS. The Balaban J connectivity index is 2.13. The number of amides is 2. The van der Waals surface area contributed by atoms with Gasteiger partial charge in [0.15, 0.2) is 0 Å². The minimum Gasteiger partial charge on any atom is -0.389 e. The first kappa shape index (κ1) is 14.9. The van der Waals surface area contributed by atoms with Crippen LogP contribution in [0.5, 0.6) is 0 Å². The lowest BCUT2D eigenvalue weighted by Crippen LogP contribution is -2.31. The van der Waals surface area contributed by atoms with E-state index in [1.807, 2.05) is 0 Å². The van der Waals surface area contributed by atoms with Gasteiger partial charge in [-0.2, -0.15) is 0 Å². The number of nitrogens with zero attached hydrogens (tertiary/aromatic N) is 1. The van der Waals surface area contributed by atoms with E-state index in [0.717, 1.165) is 0 Å². The lowest BCUT2D eigenvalue weighted by Gasteiger charge is -2.18. The standard InChI is InChI=1S/C15H14FN3OS/c1-19(13-4-2-3-10(9-13)14(17)21)15(20)18-12-7-5-11(16)6-8-12/h2-9H,1H3,(H2,17,21)(H,18,20). The maximum Gasteiger partial charge on any atom is 0.326 e. The Kier molecular flexibility index (Phi) is 4.49. The minimum atomic E-state index is -0.356. The molecule has 0 saturated heterocycles. The van der Waals surface area contributed by atoms with Crippen molar-refractivity contribution in [1.29, 1.82) is 0 Å². The van der Waals surface area contributed by atoms with Crippen LogP contribution in [0.1, 0.15) is 5.56 Å². The number of nitrogens with two attached hydrogens (primary N) is 1. The highest BCUT2D eigenvalue weighted by Gasteiger charge is 2.12. The molecule has 0 radical (unpaired) electrons. The molecule has 0 aliphatic carbocycles. The zero-order chi connectivity index (χ0) is 15.4. The van der Waals surface area contributed by atoms with E-state index in [0.29, 0.717) is 16.9 Å². The number of nitrogens with one attached hydrogen (secondary N) is 1. The van der Waals surface area contributed by atoms with Crippen LogP contribution in [0, 0.1) is 5.82 Å². The van der Waals surface area contributed by atoms with Gasteiger partial charge < -0.3 is 11.1 Å². The lowest BCUT2D eigenvalue weighted by atomic mass is 10.2. The number of thiocarbonyl (C=S) groups is 1. The van der Waals surface area contributed by atoms with Crippen molar-refractivity contribution in [2.45, 2.75) is 0 Å². The van der Waals surface area contributed by atoms with Gasteiger partial charge >= 0.3 is 6.03 Å². The van der Waals surface area contributed by atoms with Crippen LogP contribution in [0.3, 0.4) is 0 Å². The number of hydrogen-bond acceptors (Lipinski definition) is 2. The molecule has 0 unspecified atom stereocenters. The largest absolute Gasteiger partial charge is 0.389 e. The van der Waals surface area contributed by atoms with Crippen molar-refractivity contribution < 1.29 is 9.18 Å². The van der Waals surface area contributed by atoms with Crippen molar-refractivity contribution in [2.24, 2.45) is 5.73 Å². The summed E-state index contributed by atoms with van der Waals surface area (Å²) in [6, 6.07) is 12.2. The number of halogens is 1. The summed E-state index contributed by atoms with van der Waals surface area (Å²) in [5, 5.41) is 2.67. The molecule has 3 N–H and O–H groups in total. The van der Waals surface area contributed by atoms with E-state index in [1.54, 1.807) is 31.3 Å². The summed E-state index contributed by atoms with van der Waals surface area (Å²) in [4.78, 5) is 13.8. The number of urea groups is 1. The summed E-state index contributed by atoms with van der Waals surface area (Å²) in [5.41, 5.74) is 7.42. The van der Waals surface area contributed by atoms with Crippen LogP contribution in [-0.2, 0) is 0 Å². The number of carbonyl (C=O) groups is 1. The molecule has 0 aliphatic rings. The third-order valence-corrected chi connectivity index (χ3v) is 3.15. The first-order valence-corrected chi connectivity index (χ1v) is 6.58. The molecule has 0 aromatic heterocycles. The summed E-state index contributed by atoms with van der Waals surface area (Å²) in [5.74, 6) is -0.356. The highest BCUT2D eigenvalue weighted by Crippen LogP contribution is 2.17. The smallest absolute Gasteiger partial charge is 0.326 e. The summed E-state index contributed by atoms with van der Waals surface area (Å²) in [7, 11) is 1.62. The van der Waals surface area contributed by atoms with Crippen molar-refractivity contribution >= 4 is 34.6 Å². The Hall–Kier alpha value is -2.47. The van der Waals surface area contributed by atoms with E-state index in [4.69, 9.17) is 18.0 Å². The fraction of sp³-hybridized carbons (Fsp3) is 0.0667. The molecule has 0 bridgehead atoms. The van der Waals surface area contributed by atoms with Crippen molar-refractivity contribution in [2.75, 3.05) is 17.3 Å². The maximum absolute atomic E-state index is 12.8. The molecule has 2 aromatic carbocycles. The second-order valence-corrected chi connectivity index (χ2v) is 4.85. The van der Waals surface area contributed by atoms with Crippen LogP contribution in [0.4, 0.5) is 20.6 Å². The van der Waals surface area contributed by atoms with Gasteiger partial charge in [-0.25, -0.2) is 9.18 Å². The Morgan fingerprint density at radius 2 is 1.90 bits per heavy atom. The molecule has 6 heteroatoms. The summed E-state index contributed by atoms with van der Waals surface area (Å²) < 4.78 is 12.8. The second-order valence-electron chi connectivity index (χ2n) is 4.41. The van der Waals surface area contributed by atoms with E-state index in [1.165, 1.54) is 29.2 Å². The van der Waals surface area contributed by atoms with Crippen molar-refractivity contribution in [3.8, 4) is 0 Å². The van der Waals surface area contributed by atoms with E-state index < -0.39 is 0 Å². The molecule has 21 heavy (non-hydrogen) atoms. The van der Waals surface area contributed by atoms with Crippen molar-refractivity contribution in [3.05, 3.63) is 59.9 Å². The van der Waals surface area contributed by atoms with Gasteiger partial charge in [-0.15, -0.1) is 0 Å². The van der Waals surface area contributed by atoms with E-state index in [-0.39, 0.29) is 16.8 Å². The van der Waals surface area contributed by atoms with Gasteiger partial charge in [0.1, 0.15) is 10.8 Å². The third kappa shape index (κ3) is 3.76. The normalized spacial score (nSPS) is 10.0. The molecule has 0 atom stereocenters. The Bertz CT molecular complexity index is 673. The number of benzene rings is 2. The van der Waals surface area contributed by atoms with Crippen LogP contribution >= 0.6 is 12.2 Å². The molecule has 0 saturated carbocycles. The zero-order valence-electron chi connectivity index (χ0n) is 11.3. The topological polar surface area (TPSA) is 58.4 Å². The van der Waals surface area contributed by atoms with Gasteiger partial charge in [-0.1, -0.05) is 24.4 Å². The average molecular weight is 303 g/mol. The van der Waals surface area contributed by atoms with Crippen LogP contribution in [-0.4, -0.2) is 18.1 Å². The molecule has 2 rings (SSSR count). The lowest BCUT2D eigenvalue weighted by molar-refractivity contribution is 0.258. The van der Waals surface area contributed by atoms with Crippen molar-refractivity contribution in [1.82, 2.24) is 0 Å². The molecule has 0 heterocycles. The second kappa shape index (κ2) is 6.32. The highest BCUT2D eigenvalue weighted by atomic mass is 32.1. The predicted molar refractivity (Wildman–Crippen MR) is 86.2 cm³/mol. The molecule has 2 aromatic rings. The zero-order valence-corrected chi connectivity index (χ0v) is 12.2. The van der Waals surface area contributed by atoms with E-state index in [9.17, 15) is 9.18 Å². The molecule has 0 fully saturated rings. The maximum atomic E-state index is 12.8. The molecular weight excluding hydrogens is 289 g/mol. The summed E-state index contributed by atoms with van der Waals surface area (Å²) in [6.07, 6.45) is 0. The first-order chi connectivity index (χ1) is 9.97. The third-order valence-electron chi connectivity index (χ3n) is 2.92. The van der Waals surface area contributed by atoms with E-state index in [2.05, 4.69) is 5.32 Å². The summed E-state index contributed by atoms with van der Waals surface area (Å²) in [6.45, 7) is 0. The van der Waals surface area contributed by atoms with Gasteiger partial charge in [0, 0.05) is 24.0 Å². The molecule has 0 aliphatic heterocycles. The molecule has 2 amide bonds. The van der Waals surface area contributed by atoms with Gasteiger partial charge in [-0.3, -0.25) is 4.90 Å². The SMILES string of the molecule is CN(C(=O)Nc1ccc(F)cc1)c1cccc(C(N)=S)c1. The Morgan fingerprint density at radius 1 is 1.24 bits per heavy atom. The van der Waals surface area contributed by atoms with Gasteiger partial charge in [-0.05, 0) is 36.4 Å². The first-order valence-electron chi connectivity index (χ1n) is 6.17. The Labute approximate surface area is 127 Å². The van der Waals surface area contributed by atoms with Gasteiger partial charge in [0.05, 0.1) is 0 Å². The summed E-state index contributed by atoms with van der Waals surface area (Å²) >= 11 is 4.91. The quantitative estimate of drug-likeness (QED) is 0.857. The predicted octanol–water partition coefficient (Wildman–Crippen LogP) is 3.13. The van der Waals surface area contributed by atoms with Gasteiger partial charge in [0.25, 0.3) is 0 Å². The average Bonchev–Trinajstić information content (AvgIpc) is 2.49.